The third-order valence-corrected chi connectivity index (χ3v) is 4.78. The molecule has 1 aliphatic rings. The highest BCUT2D eigenvalue weighted by molar-refractivity contribution is 7.10. The molecule has 1 fully saturated rings. The fraction of sp³-hybridized carbons (Fsp3) is 0.412. The van der Waals surface area contributed by atoms with E-state index >= 15 is 0 Å². The number of nitrogens with one attached hydrogen (secondary N) is 1. The highest BCUT2D eigenvalue weighted by Gasteiger charge is 2.23. The Morgan fingerprint density at radius 3 is 2.60 bits per heavy atom. The molecule has 1 unspecified atom stereocenters. The van der Waals surface area contributed by atoms with Crippen molar-refractivity contribution in [1.82, 2.24) is 5.32 Å². The smallest absolute Gasteiger partial charge is 0.119 e. The first kappa shape index (κ1) is 13.7. The Hall–Kier alpha value is -1.32. The van der Waals surface area contributed by atoms with Gasteiger partial charge < -0.3 is 10.1 Å². The van der Waals surface area contributed by atoms with Crippen molar-refractivity contribution < 1.29 is 4.74 Å². The van der Waals surface area contributed by atoms with E-state index in [-0.39, 0.29) is 6.04 Å². The van der Waals surface area contributed by atoms with E-state index in [1.54, 1.807) is 0 Å². The summed E-state index contributed by atoms with van der Waals surface area (Å²) < 4.78 is 5.81. The van der Waals surface area contributed by atoms with E-state index in [0.29, 0.717) is 6.10 Å². The van der Waals surface area contributed by atoms with Gasteiger partial charge in [-0.15, -0.1) is 11.3 Å². The zero-order valence-electron chi connectivity index (χ0n) is 12.1. The van der Waals surface area contributed by atoms with Crippen LogP contribution in [0.15, 0.2) is 35.7 Å². The van der Waals surface area contributed by atoms with Gasteiger partial charge >= 0.3 is 0 Å². The molecule has 0 radical (unpaired) electrons. The monoisotopic (exact) mass is 287 g/mol. The third-order valence-electron chi connectivity index (χ3n) is 3.75. The molecule has 0 bridgehead atoms. The molecular weight excluding hydrogens is 266 g/mol. The SMILES string of the molecule is CCc1ccsc1C(NC)c1ccc(OC2CC2)cc1. The van der Waals surface area contributed by atoms with Gasteiger partial charge in [-0.3, -0.25) is 0 Å². The van der Waals surface area contributed by atoms with E-state index in [2.05, 4.69) is 48.0 Å². The first-order valence-electron chi connectivity index (χ1n) is 7.32. The van der Waals surface area contributed by atoms with Crippen molar-refractivity contribution in [2.75, 3.05) is 7.05 Å². The largest absolute Gasteiger partial charge is 0.490 e. The number of benzene rings is 1. The quantitative estimate of drug-likeness (QED) is 0.861. The lowest BCUT2D eigenvalue weighted by molar-refractivity contribution is 0.303. The van der Waals surface area contributed by atoms with Gasteiger partial charge in [-0.2, -0.15) is 0 Å². The average Bonchev–Trinajstić information content (AvgIpc) is 3.17. The number of thiophene rings is 1. The van der Waals surface area contributed by atoms with Gasteiger partial charge in [0.05, 0.1) is 12.1 Å². The lowest BCUT2D eigenvalue weighted by Crippen LogP contribution is -2.17. The van der Waals surface area contributed by atoms with Crippen LogP contribution >= 0.6 is 11.3 Å². The average molecular weight is 287 g/mol. The zero-order valence-corrected chi connectivity index (χ0v) is 12.9. The van der Waals surface area contributed by atoms with Crippen LogP contribution in [0.3, 0.4) is 0 Å². The lowest BCUT2D eigenvalue weighted by Gasteiger charge is -2.17. The maximum Gasteiger partial charge on any atom is 0.119 e. The summed E-state index contributed by atoms with van der Waals surface area (Å²) in [6.45, 7) is 2.21. The van der Waals surface area contributed by atoms with Crippen molar-refractivity contribution in [1.29, 1.82) is 0 Å². The van der Waals surface area contributed by atoms with Gasteiger partial charge in [0, 0.05) is 4.88 Å². The minimum Gasteiger partial charge on any atom is -0.490 e. The second kappa shape index (κ2) is 5.98. The Balaban J connectivity index is 1.81. The van der Waals surface area contributed by atoms with Crippen LogP contribution in [-0.2, 0) is 6.42 Å². The number of ether oxygens (including phenoxy) is 1. The molecule has 1 heterocycles. The fourth-order valence-electron chi connectivity index (χ4n) is 2.46. The van der Waals surface area contributed by atoms with E-state index < -0.39 is 0 Å². The highest BCUT2D eigenvalue weighted by atomic mass is 32.1. The number of rotatable bonds is 6. The fourth-order valence-corrected chi connectivity index (χ4v) is 3.59. The minimum atomic E-state index is 0.278. The molecule has 1 aromatic carbocycles. The summed E-state index contributed by atoms with van der Waals surface area (Å²) in [5.41, 5.74) is 2.74. The second-order valence-corrected chi connectivity index (χ2v) is 6.22. The van der Waals surface area contributed by atoms with E-state index in [4.69, 9.17) is 4.74 Å². The molecule has 106 valence electrons. The van der Waals surface area contributed by atoms with Gasteiger partial charge in [0.2, 0.25) is 0 Å². The molecule has 1 N–H and O–H groups in total. The Morgan fingerprint density at radius 2 is 2.00 bits per heavy atom. The predicted molar refractivity (Wildman–Crippen MR) is 84.7 cm³/mol. The molecule has 2 aromatic rings. The molecular formula is C17H21NOS. The maximum atomic E-state index is 5.81. The van der Waals surface area contributed by atoms with Gasteiger partial charge in [0.15, 0.2) is 0 Å². The summed E-state index contributed by atoms with van der Waals surface area (Å²) in [6.07, 6.45) is 3.95. The molecule has 3 heteroatoms. The van der Waals surface area contributed by atoms with E-state index in [0.717, 1.165) is 12.2 Å². The molecule has 3 rings (SSSR count). The summed E-state index contributed by atoms with van der Waals surface area (Å²) in [7, 11) is 2.03. The van der Waals surface area contributed by atoms with Gasteiger partial charge in [0.25, 0.3) is 0 Å². The van der Waals surface area contributed by atoms with Gasteiger partial charge in [-0.25, -0.2) is 0 Å². The number of hydrogen-bond acceptors (Lipinski definition) is 3. The summed E-state index contributed by atoms with van der Waals surface area (Å²) in [4.78, 5) is 1.42. The van der Waals surface area contributed by atoms with Crippen LogP contribution in [0.2, 0.25) is 0 Å². The minimum absolute atomic E-state index is 0.278. The van der Waals surface area contributed by atoms with Crippen LogP contribution in [0.5, 0.6) is 5.75 Å². The first-order chi connectivity index (χ1) is 9.81. The van der Waals surface area contributed by atoms with Crippen molar-refractivity contribution in [3.05, 3.63) is 51.7 Å². The molecule has 2 nitrogen and oxygen atoms in total. The van der Waals surface area contributed by atoms with Gasteiger partial charge in [-0.05, 0) is 61.0 Å². The van der Waals surface area contributed by atoms with E-state index in [9.17, 15) is 0 Å². The highest BCUT2D eigenvalue weighted by Crippen LogP contribution is 2.32. The second-order valence-electron chi connectivity index (χ2n) is 5.27. The Labute approximate surface area is 124 Å². The molecule has 20 heavy (non-hydrogen) atoms. The maximum absolute atomic E-state index is 5.81. The molecule has 1 saturated carbocycles. The standard InChI is InChI=1S/C17H21NOS/c1-3-12-10-11-20-17(12)16(18-2)13-4-6-14(7-5-13)19-15-8-9-15/h4-7,10-11,15-16,18H,3,8-9H2,1-2H3. The predicted octanol–water partition coefficient (Wildman–Crippen LogP) is 4.16. The van der Waals surface area contributed by atoms with Crippen LogP contribution in [0.4, 0.5) is 0 Å². The summed E-state index contributed by atoms with van der Waals surface area (Å²) >= 11 is 1.83. The van der Waals surface area contributed by atoms with E-state index in [1.807, 2.05) is 18.4 Å². The molecule has 1 atom stereocenters. The van der Waals surface area contributed by atoms with Crippen molar-refractivity contribution in [2.45, 2.75) is 38.3 Å². The zero-order chi connectivity index (χ0) is 13.9. The van der Waals surface area contributed by atoms with Crippen LogP contribution in [0, 0.1) is 0 Å². The normalized spacial score (nSPS) is 16.1. The van der Waals surface area contributed by atoms with Gasteiger partial charge in [0.1, 0.15) is 5.75 Å². The Bertz CT molecular complexity index is 557. The molecule has 0 saturated heterocycles. The van der Waals surface area contributed by atoms with Crippen LogP contribution < -0.4 is 10.1 Å². The lowest BCUT2D eigenvalue weighted by atomic mass is 10.0. The van der Waals surface area contributed by atoms with Crippen molar-refractivity contribution in [2.24, 2.45) is 0 Å². The summed E-state index contributed by atoms with van der Waals surface area (Å²) in [5, 5.41) is 5.62. The molecule has 0 spiro atoms. The van der Waals surface area contributed by atoms with Crippen LogP contribution in [-0.4, -0.2) is 13.2 Å². The molecule has 0 amide bonds. The van der Waals surface area contributed by atoms with Crippen LogP contribution in [0.25, 0.3) is 0 Å². The third kappa shape index (κ3) is 2.89. The van der Waals surface area contributed by atoms with Crippen molar-refractivity contribution in [3.8, 4) is 5.75 Å². The summed E-state index contributed by atoms with van der Waals surface area (Å²) in [6, 6.07) is 11.1. The van der Waals surface area contributed by atoms with Crippen molar-refractivity contribution in [3.63, 3.8) is 0 Å². The van der Waals surface area contributed by atoms with Crippen molar-refractivity contribution >= 4 is 11.3 Å². The number of aryl methyl sites for hydroxylation is 1. The number of hydrogen-bond donors (Lipinski definition) is 1. The topological polar surface area (TPSA) is 21.3 Å². The van der Waals surface area contributed by atoms with E-state index in [1.165, 1.54) is 28.8 Å². The molecule has 1 aromatic heterocycles. The van der Waals surface area contributed by atoms with Crippen LogP contribution in [0.1, 0.15) is 41.8 Å². The Morgan fingerprint density at radius 1 is 1.25 bits per heavy atom. The molecule has 0 aliphatic heterocycles. The van der Waals surface area contributed by atoms with Gasteiger partial charge in [-0.1, -0.05) is 19.1 Å². The molecule has 1 aliphatic carbocycles. The summed E-state index contributed by atoms with van der Waals surface area (Å²) in [5.74, 6) is 0.994. The Kier molecular flexibility index (Phi) is 4.08. The first-order valence-corrected chi connectivity index (χ1v) is 8.20.